The minimum atomic E-state index is 0.726. The average molecular weight is 232 g/mol. The zero-order valence-corrected chi connectivity index (χ0v) is 9.83. The van der Waals surface area contributed by atoms with Gasteiger partial charge in [0, 0.05) is 6.20 Å². The van der Waals surface area contributed by atoms with Crippen molar-refractivity contribution >= 4 is 17.6 Å². The van der Waals surface area contributed by atoms with E-state index in [0.29, 0.717) is 0 Å². The minimum Gasteiger partial charge on any atom is -0.297 e. The first-order valence-electron chi connectivity index (χ1n) is 4.92. The molecule has 0 saturated heterocycles. The van der Waals surface area contributed by atoms with Crippen LogP contribution in [0.5, 0.6) is 0 Å². The molecule has 0 aliphatic heterocycles. The number of thiophene rings is 1. The molecule has 0 fully saturated rings. The monoisotopic (exact) mass is 232 g/mol. The van der Waals surface area contributed by atoms with Gasteiger partial charge in [0.25, 0.3) is 0 Å². The molecule has 82 valence electrons. The summed E-state index contributed by atoms with van der Waals surface area (Å²) in [6, 6.07) is 5.68. The highest BCUT2D eigenvalue weighted by Crippen LogP contribution is 2.25. The second-order valence-corrected chi connectivity index (χ2v) is 4.79. The molecule has 2 aromatic heterocycles. The van der Waals surface area contributed by atoms with Crippen LogP contribution >= 0.6 is 11.3 Å². The molecule has 0 unspecified atom stereocenters. The zero-order valence-electron chi connectivity index (χ0n) is 9.01. The molecule has 2 rings (SSSR count). The van der Waals surface area contributed by atoms with Crippen LogP contribution in [0.1, 0.15) is 16.6 Å². The van der Waals surface area contributed by atoms with Crippen LogP contribution in [0.2, 0.25) is 0 Å². The maximum atomic E-state index is 10.6. The lowest BCUT2D eigenvalue weighted by molar-refractivity contribution is 0.112. The first kappa shape index (κ1) is 10.8. The third kappa shape index (κ3) is 2.28. The van der Waals surface area contributed by atoms with E-state index in [-0.39, 0.29) is 0 Å². The number of carbonyl (C=O) groups excluding carboxylic acids is 1. The third-order valence-electron chi connectivity index (χ3n) is 2.07. The summed E-state index contributed by atoms with van der Waals surface area (Å²) in [4.78, 5) is 12.3. The standard InChI is InChI=1S/C12H12N2OS/c1-9(2)7-14-6-5-11(13-14)12-4-3-10(8-15)16-12/h3-6,8H,1,7H2,2H3. The Morgan fingerprint density at radius 2 is 2.38 bits per heavy atom. The summed E-state index contributed by atoms with van der Waals surface area (Å²) in [6.07, 6.45) is 2.78. The molecule has 0 N–H and O–H groups in total. The predicted molar refractivity (Wildman–Crippen MR) is 65.7 cm³/mol. The normalized spacial score (nSPS) is 10.3. The number of aromatic nitrogens is 2. The van der Waals surface area contributed by atoms with Crippen molar-refractivity contribution in [1.82, 2.24) is 9.78 Å². The molecule has 0 aromatic carbocycles. The van der Waals surface area contributed by atoms with Gasteiger partial charge in [-0.2, -0.15) is 5.10 Å². The number of allylic oxidation sites excluding steroid dienone is 1. The molecule has 0 spiro atoms. The van der Waals surface area contributed by atoms with E-state index in [1.165, 1.54) is 11.3 Å². The van der Waals surface area contributed by atoms with Gasteiger partial charge in [0.05, 0.1) is 16.3 Å². The first-order valence-corrected chi connectivity index (χ1v) is 5.74. The van der Waals surface area contributed by atoms with Crippen LogP contribution in [0.25, 0.3) is 10.6 Å². The van der Waals surface area contributed by atoms with Crippen molar-refractivity contribution in [3.05, 3.63) is 41.4 Å². The maximum absolute atomic E-state index is 10.6. The van der Waals surface area contributed by atoms with E-state index in [9.17, 15) is 4.79 Å². The van der Waals surface area contributed by atoms with Crippen LogP contribution in [0.4, 0.5) is 0 Å². The molecule has 0 bridgehead atoms. The lowest BCUT2D eigenvalue weighted by Gasteiger charge is -1.98. The molecule has 0 aliphatic carbocycles. The Morgan fingerprint density at radius 3 is 3.00 bits per heavy atom. The summed E-state index contributed by atoms with van der Waals surface area (Å²) >= 11 is 1.45. The van der Waals surface area contributed by atoms with Crippen LogP contribution in [-0.4, -0.2) is 16.1 Å². The molecule has 2 heterocycles. The summed E-state index contributed by atoms with van der Waals surface area (Å²) in [7, 11) is 0. The minimum absolute atomic E-state index is 0.726. The van der Waals surface area contributed by atoms with Crippen LogP contribution in [0, 0.1) is 0 Å². The Kier molecular flexibility index (Phi) is 3.01. The topological polar surface area (TPSA) is 34.9 Å². The fourth-order valence-electron chi connectivity index (χ4n) is 1.41. The summed E-state index contributed by atoms with van der Waals surface area (Å²) in [6.45, 7) is 6.54. The molecular weight excluding hydrogens is 220 g/mol. The molecular formula is C12H12N2OS. The Balaban J connectivity index is 2.24. The van der Waals surface area contributed by atoms with Crippen molar-refractivity contribution in [2.45, 2.75) is 13.5 Å². The summed E-state index contributed by atoms with van der Waals surface area (Å²) in [5.74, 6) is 0. The summed E-state index contributed by atoms with van der Waals surface area (Å²) in [5, 5.41) is 4.42. The van der Waals surface area contributed by atoms with Crippen LogP contribution in [0.3, 0.4) is 0 Å². The second-order valence-electron chi connectivity index (χ2n) is 3.68. The van der Waals surface area contributed by atoms with E-state index >= 15 is 0 Å². The quantitative estimate of drug-likeness (QED) is 0.600. The number of rotatable bonds is 4. The fourth-order valence-corrected chi connectivity index (χ4v) is 2.20. The summed E-state index contributed by atoms with van der Waals surface area (Å²) in [5.41, 5.74) is 1.97. The maximum Gasteiger partial charge on any atom is 0.160 e. The van der Waals surface area contributed by atoms with Gasteiger partial charge < -0.3 is 0 Å². The van der Waals surface area contributed by atoms with E-state index in [0.717, 1.165) is 33.9 Å². The van der Waals surface area contributed by atoms with Crippen molar-refractivity contribution in [2.75, 3.05) is 0 Å². The fraction of sp³-hybridized carbons (Fsp3) is 0.167. The number of hydrogen-bond acceptors (Lipinski definition) is 3. The summed E-state index contributed by atoms with van der Waals surface area (Å²) < 4.78 is 1.85. The molecule has 16 heavy (non-hydrogen) atoms. The third-order valence-corrected chi connectivity index (χ3v) is 3.10. The highest BCUT2D eigenvalue weighted by Gasteiger charge is 2.05. The van der Waals surface area contributed by atoms with Gasteiger partial charge in [-0.1, -0.05) is 12.2 Å². The van der Waals surface area contributed by atoms with Crippen molar-refractivity contribution < 1.29 is 4.79 Å². The molecule has 0 aliphatic rings. The van der Waals surface area contributed by atoms with Gasteiger partial charge in [0.15, 0.2) is 6.29 Å². The van der Waals surface area contributed by atoms with E-state index in [1.54, 1.807) is 0 Å². The SMILES string of the molecule is C=C(C)Cn1ccc(-c2ccc(C=O)s2)n1. The molecule has 0 atom stereocenters. The van der Waals surface area contributed by atoms with Crippen LogP contribution in [-0.2, 0) is 6.54 Å². The van der Waals surface area contributed by atoms with Gasteiger partial charge in [-0.25, -0.2) is 0 Å². The molecule has 4 heteroatoms. The highest BCUT2D eigenvalue weighted by atomic mass is 32.1. The average Bonchev–Trinajstić information content (AvgIpc) is 2.83. The number of carbonyl (C=O) groups is 1. The molecule has 0 amide bonds. The molecule has 3 nitrogen and oxygen atoms in total. The lowest BCUT2D eigenvalue weighted by atomic mass is 10.3. The van der Waals surface area contributed by atoms with Crippen molar-refractivity contribution in [3.63, 3.8) is 0 Å². The van der Waals surface area contributed by atoms with Gasteiger partial charge >= 0.3 is 0 Å². The highest BCUT2D eigenvalue weighted by molar-refractivity contribution is 7.17. The Bertz CT molecular complexity index is 525. The van der Waals surface area contributed by atoms with Crippen molar-refractivity contribution in [1.29, 1.82) is 0 Å². The van der Waals surface area contributed by atoms with Gasteiger partial charge in [-0.15, -0.1) is 11.3 Å². The van der Waals surface area contributed by atoms with Crippen LogP contribution in [0.15, 0.2) is 36.5 Å². The second kappa shape index (κ2) is 4.45. The van der Waals surface area contributed by atoms with Crippen molar-refractivity contribution in [3.8, 4) is 10.6 Å². The van der Waals surface area contributed by atoms with Crippen LogP contribution < -0.4 is 0 Å². The van der Waals surface area contributed by atoms with Crippen molar-refractivity contribution in [2.24, 2.45) is 0 Å². The van der Waals surface area contributed by atoms with E-state index in [4.69, 9.17) is 0 Å². The van der Waals surface area contributed by atoms with Gasteiger partial charge in [0.2, 0.25) is 0 Å². The predicted octanol–water partition coefficient (Wildman–Crippen LogP) is 3.00. The number of aldehydes is 1. The van der Waals surface area contributed by atoms with Gasteiger partial charge in [0.1, 0.15) is 5.69 Å². The first-order chi connectivity index (χ1) is 7.69. The van der Waals surface area contributed by atoms with E-state index < -0.39 is 0 Å². The Morgan fingerprint density at radius 1 is 1.56 bits per heavy atom. The molecule has 0 radical (unpaired) electrons. The largest absolute Gasteiger partial charge is 0.297 e. The Labute approximate surface area is 98.0 Å². The Hall–Kier alpha value is -1.68. The smallest absolute Gasteiger partial charge is 0.160 e. The van der Waals surface area contributed by atoms with Gasteiger partial charge in [-0.05, 0) is 25.1 Å². The number of nitrogens with zero attached hydrogens (tertiary/aromatic N) is 2. The lowest BCUT2D eigenvalue weighted by Crippen LogP contribution is -1.98. The number of hydrogen-bond donors (Lipinski definition) is 0. The van der Waals surface area contributed by atoms with Gasteiger partial charge in [-0.3, -0.25) is 9.48 Å². The van der Waals surface area contributed by atoms with E-state index in [1.807, 2.05) is 36.0 Å². The molecule has 2 aromatic rings. The molecule has 0 saturated carbocycles. The zero-order chi connectivity index (χ0) is 11.5. The van der Waals surface area contributed by atoms with E-state index in [2.05, 4.69) is 11.7 Å².